The summed E-state index contributed by atoms with van der Waals surface area (Å²) in [6.45, 7) is 1.10. The highest BCUT2D eigenvalue weighted by Gasteiger charge is 2.30. The minimum absolute atomic E-state index is 0.0764. The second-order valence-corrected chi connectivity index (χ2v) is 4.89. The third kappa shape index (κ3) is 4.24. The van der Waals surface area contributed by atoms with Crippen molar-refractivity contribution in [3.05, 3.63) is 62.4 Å². The summed E-state index contributed by atoms with van der Waals surface area (Å²) in [5, 5.41) is 4.42. The number of anilines is 1. The normalized spacial score (nSPS) is 11.2. The largest absolute Gasteiger partial charge is 0.416 e. The molecule has 0 bridgehead atoms. The molecule has 2 amide bonds. The lowest BCUT2D eigenvalue weighted by Crippen LogP contribution is -2.42. The number of H-pyrrole nitrogens is 1. The molecule has 128 valence electrons. The molecule has 0 atom stereocenters. The zero-order valence-corrected chi connectivity index (χ0v) is 12.4. The first-order valence-electron chi connectivity index (χ1n) is 6.70. The van der Waals surface area contributed by atoms with Gasteiger partial charge >= 0.3 is 17.9 Å². The van der Waals surface area contributed by atoms with Crippen molar-refractivity contribution in [2.45, 2.75) is 19.8 Å². The number of aromatic nitrogens is 2. The molecule has 1 aromatic heterocycles. The molecule has 0 aliphatic rings. The molecule has 3 N–H and O–H groups in total. The second-order valence-electron chi connectivity index (χ2n) is 4.89. The number of carbonyl (C=O) groups excluding carboxylic acids is 1. The van der Waals surface area contributed by atoms with Crippen molar-refractivity contribution in [1.82, 2.24) is 14.9 Å². The minimum atomic E-state index is -4.53. The zero-order valence-electron chi connectivity index (χ0n) is 12.4. The van der Waals surface area contributed by atoms with Crippen LogP contribution in [-0.4, -0.2) is 15.6 Å². The summed E-state index contributed by atoms with van der Waals surface area (Å²) in [7, 11) is 0. The molecule has 0 fully saturated rings. The molecule has 2 rings (SSSR count). The molecule has 0 saturated carbocycles. The molecule has 7 nitrogen and oxygen atoms in total. The third-order valence-electron chi connectivity index (χ3n) is 3.00. The number of halogens is 3. The molecule has 1 aromatic carbocycles. The van der Waals surface area contributed by atoms with Crippen LogP contribution in [0.5, 0.6) is 0 Å². The number of aromatic amines is 1. The molecule has 0 spiro atoms. The Bertz CT molecular complexity index is 839. The van der Waals surface area contributed by atoms with E-state index in [0.717, 1.165) is 22.8 Å². The van der Waals surface area contributed by atoms with Gasteiger partial charge in [-0.05, 0) is 25.1 Å². The lowest BCUT2D eigenvalue weighted by molar-refractivity contribution is -0.137. The van der Waals surface area contributed by atoms with Crippen molar-refractivity contribution < 1.29 is 18.0 Å². The lowest BCUT2D eigenvalue weighted by Gasteiger charge is -2.11. The fourth-order valence-corrected chi connectivity index (χ4v) is 1.88. The highest BCUT2D eigenvalue weighted by atomic mass is 19.4. The summed E-state index contributed by atoms with van der Waals surface area (Å²) >= 11 is 0. The van der Waals surface area contributed by atoms with E-state index < -0.39 is 35.7 Å². The number of nitrogens with one attached hydrogen (secondary N) is 3. The number of hydrogen-bond acceptors (Lipinski definition) is 3. The van der Waals surface area contributed by atoms with Gasteiger partial charge in [-0.2, -0.15) is 13.2 Å². The van der Waals surface area contributed by atoms with E-state index in [9.17, 15) is 27.6 Å². The molecule has 0 aliphatic heterocycles. The van der Waals surface area contributed by atoms with Gasteiger partial charge in [-0.15, -0.1) is 0 Å². The average molecular weight is 342 g/mol. The van der Waals surface area contributed by atoms with Gasteiger partial charge in [0, 0.05) is 17.4 Å². The Labute approximate surface area is 133 Å². The standard InChI is InChI=1S/C14H13F3N4O3/c1-8-5-11(22)21(13(24)19-8)7-18-12(23)20-10-4-2-3-9(6-10)14(15,16)17/h2-6H,7H2,1H3,(H,19,24)(H2,18,20,23). The maximum absolute atomic E-state index is 12.6. The first-order chi connectivity index (χ1) is 11.2. The number of nitrogens with zero attached hydrogens (tertiary/aromatic N) is 1. The topological polar surface area (TPSA) is 96.0 Å². The first-order valence-corrected chi connectivity index (χ1v) is 6.70. The van der Waals surface area contributed by atoms with Gasteiger partial charge in [0.2, 0.25) is 0 Å². The molecular weight excluding hydrogens is 329 g/mol. The third-order valence-corrected chi connectivity index (χ3v) is 3.00. The minimum Gasteiger partial charge on any atom is -0.320 e. The van der Waals surface area contributed by atoms with Gasteiger partial charge < -0.3 is 15.6 Å². The van der Waals surface area contributed by atoms with Gasteiger partial charge in [0.15, 0.2) is 0 Å². The Hall–Kier alpha value is -3.04. The van der Waals surface area contributed by atoms with Crippen LogP contribution in [-0.2, 0) is 12.8 Å². The number of hydrogen-bond donors (Lipinski definition) is 3. The summed E-state index contributed by atoms with van der Waals surface area (Å²) in [4.78, 5) is 37.3. The highest BCUT2D eigenvalue weighted by Crippen LogP contribution is 2.30. The summed E-state index contributed by atoms with van der Waals surface area (Å²) in [5.74, 6) is 0. The van der Waals surface area contributed by atoms with Crippen LogP contribution in [0, 0.1) is 6.92 Å². The predicted molar refractivity (Wildman–Crippen MR) is 79.7 cm³/mol. The Kier molecular flexibility index (Phi) is 4.77. The number of urea groups is 1. The fourth-order valence-electron chi connectivity index (χ4n) is 1.88. The van der Waals surface area contributed by atoms with Gasteiger partial charge in [-0.3, -0.25) is 4.79 Å². The summed E-state index contributed by atoms with van der Waals surface area (Å²) in [6.07, 6.45) is -4.53. The molecule has 0 unspecified atom stereocenters. The average Bonchev–Trinajstić information content (AvgIpc) is 2.45. The van der Waals surface area contributed by atoms with Crippen LogP contribution >= 0.6 is 0 Å². The van der Waals surface area contributed by atoms with Crippen LogP contribution < -0.4 is 21.9 Å². The smallest absolute Gasteiger partial charge is 0.320 e. The second kappa shape index (κ2) is 6.60. The van der Waals surface area contributed by atoms with Gasteiger partial charge in [-0.1, -0.05) is 6.07 Å². The van der Waals surface area contributed by atoms with E-state index in [0.29, 0.717) is 5.69 Å². The van der Waals surface area contributed by atoms with Crippen LogP contribution in [0.1, 0.15) is 11.3 Å². The van der Waals surface area contributed by atoms with Crippen molar-refractivity contribution in [3.63, 3.8) is 0 Å². The SMILES string of the molecule is Cc1cc(=O)n(CNC(=O)Nc2cccc(C(F)(F)F)c2)c(=O)[nH]1. The number of carbonyl (C=O) groups is 1. The fraction of sp³-hybridized carbons (Fsp3) is 0.214. The van der Waals surface area contributed by atoms with Crippen LogP contribution in [0.4, 0.5) is 23.7 Å². The van der Waals surface area contributed by atoms with Gasteiger partial charge in [0.1, 0.15) is 6.67 Å². The molecule has 1 heterocycles. The van der Waals surface area contributed by atoms with Crippen LogP contribution in [0.3, 0.4) is 0 Å². The quantitative estimate of drug-likeness (QED) is 0.791. The maximum atomic E-state index is 12.6. The number of amides is 2. The monoisotopic (exact) mass is 342 g/mol. The molecule has 0 saturated heterocycles. The summed E-state index contributed by atoms with van der Waals surface area (Å²) < 4.78 is 38.5. The number of benzene rings is 1. The van der Waals surface area contributed by atoms with E-state index in [-0.39, 0.29) is 5.69 Å². The van der Waals surface area contributed by atoms with E-state index in [1.165, 1.54) is 19.1 Å². The Morgan fingerprint density at radius 3 is 2.58 bits per heavy atom. The highest BCUT2D eigenvalue weighted by molar-refractivity contribution is 5.89. The predicted octanol–water partition coefficient (Wildman–Crippen LogP) is 1.64. The number of aryl methyl sites for hydroxylation is 1. The van der Waals surface area contributed by atoms with Gasteiger partial charge in [-0.25, -0.2) is 14.2 Å². The van der Waals surface area contributed by atoms with E-state index >= 15 is 0 Å². The van der Waals surface area contributed by atoms with Crippen LogP contribution in [0.25, 0.3) is 0 Å². The Balaban J connectivity index is 2.05. The number of alkyl halides is 3. The molecule has 0 aliphatic carbocycles. The Morgan fingerprint density at radius 2 is 1.96 bits per heavy atom. The van der Waals surface area contributed by atoms with Crippen molar-refractivity contribution in [2.24, 2.45) is 0 Å². The van der Waals surface area contributed by atoms with Crippen LogP contribution in [0.2, 0.25) is 0 Å². The molecule has 0 radical (unpaired) electrons. The molecule has 10 heteroatoms. The van der Waals surface area contributed by atoms with Crippen molar-refractivity contribution >= 4 is 11.7 Å². The van der Waals surface area contributed by atoms with E-state index in [1.807, 2.05) is 0 Å². The summed E-state index contributed by atoms with van der Waals surface area (Å²) in [6, 6.07) is 4.38. The van der Waals surface area contributed by atoms with E-state index in [1.54, 1.807) is 0 Å². The molecule has 2 aromatic rings. The van der Waals surface area contributed by atoms with Crippen molar-refractivity contribution in [1.29, 1.82) is 0 Å². The van der Waals surface area contributed by atoms with E-state index in [4.69, 9.17) is 0 Å². The Morgan fingerprint density at radius 1 is 1.25 bits per heavy atom. The first kappa shape index (κ1) is 17.3. The maximum Gasteiger partial charge on any atom is 0.416 e. The molecular formula is C14H13F3N4O3. The van der Waals surface area contributed by atoms with Gasteiger partial charge in [0.25, 0.3) is 5.56 Å². The lowest BCUT2D eigenvalue weighted by atomic mass is 10.2. The number of rotatable bonds is 3. The zero-order chi connectivity index (χ0) is 17.9. The summed E-state index contributed by atoms with van der Waals surface area (Å²) in [5.41, 5.74) is -1.94. The van der Waals surface area contributed by atoms with Crippen molar-refractivity contribution in [2.75, 3.05) is 5.32 Å². The van der Waals surface area contributed by atoms with Crippen LogP contribution in [0.15, 0.2) is 39.9 Å². The molecule has 24 heavy (non-hydrogen) atoms. The van der Waals surface area contributed by atoms with Crippen molar-refractivity contribution in [3.8, 4) is 0 Å². The van der Waals surface area contributed by atoms with E-state index in [2.05, 4.69) is 15.6 Å². The van der Waals surface area contributed by atoms with Gasteiger partial charge in [0.05, 0.1) is 5.56 Å².